The third-order valence-electron chi connectivity index (χ3n) is 5.38. The van der Waals surface area contributed by atoms with Crippen LogP contribution in [0.1, 0.15) is 45.2 Å². The number of benzene rings is 1. The van der Waals surface area contributed by atoms with E-state index in [-0.39, 0.29) is 17.1 Å². The standard InChI is InChI=1S/C21H23ClN5O4S/c1-11(2)10-30-21-17(22)6-13(9-23-21)27-18-8-19-16(7-15(18)12(3)24-27)20(25-31-19)26-32(28,29)14-4-5-14/h6-9,11-12,14H,4-5,10H2,1-3H3,(H,25,26)/q+1. The minimum atomic E-state index is -3.44. The fourth-order valence-corrected chi connectivity index (χ4v) is 5.12. The molecule has 5 rings (SSSR count). The van der Waals surface area contributed by atoms with Gasteiger partial charge in [0.1, 0.15) is 17.3 Å². The van der Waals surface area contributed by atoms with Crippen LogP contribution in [0.2, 0.25) is 5.02 Å². The molecule has 32 heavy (non-hydrogen) atoms. The van der Waals surface area contributed by atoms with Crippen LogP contribution in [-0.2, 0) is 10.0 Å². The van der Waals surface area contributed by atoms with Crippen LogP contribution in [0.15, 0.2) is 34.0 Å². The lowest BCUT2D eigenvalue weighted by Crippen LogP contribution is -2.17. The Balaban J connectivity index is 1.48. The number of aromatic nitrogens is 2. The monoisotopic (exact) mass is 476 g/mol. The van der Waals surface area contributed by atoms with E-state index < -0.39 is 10.0 Å². The normalized spacial score (nSPS) is 18.2. The molecule has 1 aromatic carbocycles. The second-order valence-electron chi connectivity index (χ2n) is 8.57. The highest BCUT2D eigenvalue weighted by Gasteiger charge is 2.38. The maximum Gasteiger partial charge on any atom is 0.258 e. The molecule has 0 spiro atoms. The molecule has 1 aliphatic heterocycles. The molecule has 0 radical (unpaired) electrons. The van der Waals surface area contributed by atoms with Gasteiger partial charge in [0.25, 0.3) is 5.69 Å². The molecule has 1 N–H and O–H groups in total. The van der Waals surface area contributed by atoms with Crippen LogP contribution in [0.25, 0.3) is 11.0 Å². The predicted octanol–water partition coefficient (Wildman–Crippen LogP) is 5.18. The summed E-state index contributed by atoms with van der Waals surface area (Å²) in [5.41, 5.74) is 2.86. The number of nitrogens with zero attached hydrogens (tertiary/aromatic N) is 4. The molecule has 0 amide bonds. The summed E-state index contributed by atoms with van der Waals surface area (Å²) in [7, 11) is -3.44. The Labute approximate surface area is 190 Å². The van der Waals surface area contributed by atoms with Gasteiger partial charge in [0.15, 0.2) is 11.4 Å². The minimum Gasteiger partial charge on any atom is -0.476 e. The first kappa shape index (κ1) is 21.1. The summed E-state index contributed by atoms with van der Waals surface area (Å²) in [6.45, 7) is 6.59. The molecule has 9 nitrogen and oxygen atoms in total. The average Bonchev–Trinajstić information content (AvgIpc) is 3.48. The van der Waals surface area contributed by atoms with Gasteiger partial charge >= 0.3 is 0 Å². The van der Waals surface area contributed by atoms with Crippen molar-refractivity contribution in [2.24, 2.45) is 11.0 Å². The first-order valence-electron chi connectivity index (χ1n) is 10.5. The van der Waals surface area contributed by atoms with Crippen molar-refractivity contribution >= 4 is 49.8 Å². The third kappa shape index (κ3) is 3.81. The van der Waals surface area contributed by atoms with E-state index in [1.807, 2.05) is 13.0 Å². The Kier molecular flexibility index (Phi) is 5.09. The van der Waals surface area contributed by atoms with E-state index in [2.05, 4.69) is 28.7 Å². The van der Waals surface area contributed by atoms with Gasteiger partial charge in [-0.3, -0.25) is 4.72 Å². The Morgan fingerprint density at radius 3 is 2.78 bits per heavy atom. The van der Waals surface area contributed by atoms with Gasteiger partial charge in [-0.25, -0.2) is 13.4 Å². The lowest BCUT2D eigenvalue weighted by molar-refractivity contribution is 0.261. The van der Waals surface area contributed by atoms with Crippen LogP contribution in [0, 0.1) is 5.92 Å². The van der Waals surface area contributed by atoms with E-state index in [9.17, 15) is 8.42 Å². The van der Waals surface area contributed by atoms with Gasteiger partial charge in [-0.05, 0) is 41.6 Å². The molecular weight excluding hydrogens is 454 g/mol. The summed E-state index contributed by atoms with van der Waals surface area (Å²) < 4.78 is 40.1. The summed E-state index contributed by atoms with van der Waals surface area (Å²) >= 11 is 6.40. The molecule has 3 aromatic rings. The number of hydrogen-bond donors (Lipinski definition) is 1. The first-order chi connectivity index (χ1) is 15.2. The van der Waals surface area contributed by atoms with Crippen LogP contribution in [0.5, 0.6) is 5.88 Å². The van der Waals surface area contributed by atoms with Crippen molar-refractivity contribution in [2.45, 2.75) is 44.9 Å². The highest BCUT2D eigenvalue weighted by atomic mass is 35.5. The van der Waals surface area contributed by atoms with Crippen molar-refractivity contribution in [3.63, 3.8) is 0 Å². The van der Waals surface area contributed by atoms with Crippen molar-refractivity contribution in [1.29, 1.82) is 0 Å². The van der Waals surface area contributed by atoms with E-state index in [4.69, 9.17) is 26.0 Å². The first-order valence-corrected chi connectivity index (χ1v) is 12.4. The molecule has 11 heteroatoms. The van der Waals surface area contributed by atoms with Crippen LogP contribution < -0.4 is 14.2 Å². The zero-order valence-corrected chi connectivity index (χ0v) is 19.4. The smallest absolute Gasteiger partial charge is 0.258 e. The van der Waals surface area contributed by atoms with Gasteiger partial charge in [-0.15, -0.1) is 0 Å². The Bertz CT molecular complexity index is 1350. The van der Waals surface area contributed by atoms with Crippen molar-refractivity contribution < 1.29 is 17.7 Å². The number of anilines is 1. The highest BCUT2D eigenvalue weighted by Crippen LogP contribution is 2.42. The van der Waals surface area contributed by atoms with Crippen molar-refractivity contribution in [2.75, 3.05) is 11.3 Å². The molecule has 168 valence electrons. The minimum absolute atomic E-state index is 0.159. The van der Waals surface area contributed by atoms with E-state index in [1.54, 1.807) is 23.0 Å². The van der Waals surface area contributed by atoms with Crippen LogP contribution >= 0.6 is 11.6 Å². The van der Waals surface area contributed by atoms with Gasteiger partial charge in [0.05, 0.1) is 28.9 Å². The van der Waals surface area contributed by atoms with E-state index in [1.165, 1.54) is 0 Å². The Hall–Kier alpha value is -2.72. The number of ether oxygens (including phenoxy) is 1. The summed E-state index contributed by atoms with van der Waals surface area (Å²) in [4.78, 5) is 4.35. The third-order valence-corrected chi connectivity index (χ3v) is 7.48. The maximum atomic E-state index is 12.3. The second kappa shape index (κ2) is 7.70. The van der Waals surface area contributed by atoms with Gasteiger partial charge in [-0.1, -0.05) is 30.6 Å². The molecule has 3 heterocycles. The van der Waals surface area contributed by atoms with Crippen LogP contribution in [0.4, 0.5) is 17.2 Å². The molecule has 2 aliphatic rings. The zero-order chi connectivity index (χ0) is 22.6. The number of fused-ring (bicyclic) bond motifs is 2. The summed E-state index contributed by atoms with van der Waals surface area (Å²) in [5, 5.41) is 9.31. The lowest BCUT2D eigenvalue weighted by Gasteiger charge is -2.08. The van der Waals surface area contributed by atoms with Crippen molar-refractivity contribution in [1.82, 2.24) is 14.8 Å². The summed E-state index contributed by atoms with van der Waals surface area (Å²) in [5.74, 6) is 0.948. The topological polar surface area (TPSA) is 110 Å². The van der Waals surface area contributed by atoms with Crippen molar-refractivity contribution in [3.8, 4) is 5.88 Å². The number of hydrogen-bond acceptors (Lipinski definition) is 7. The molecule has 1 atom stereocenters. The summed E-state index contributed by atoms with van der Waals surface area (Å²) in [6, 6.07) is 5.27. The zero-order valence-electron chi connectivity index (χ0n) is 17.9. The van der Waals surface area contributed by atoms with Gasteiger partial charge < -0.3 is 9.26 Å². The molecule has 0 bridgehead atoms. The number of azo groups is 2. The number of nitrogens with one attached hydrogen (secondary N) is 1. The van der Waals surface area contributed by atoms with Gasteiger partial charge in [0.2, 0.25) is 21.6 Å². The van der Waals surface area contributed by atoms with Crippen LogP contribution in [0.3, 0.4) is 0 Å². The molecule has 1 aliphatic carbocycles. The number of rotatable bonds is 7. The van der Waals surface area contributed by atoms with E-state index in [0.29, 0.717) is 52.9 Å². The average molecular weight is 477 g/mol. The Morgan fingerprint density at radius 2 is 2.09 bits per heavy atom. The quantitative estimate of drug-likeness (QED) is 0.470. The van der Waals surface area contributed by atoms with Crippen LogP contribution in [-0.4, -0.2) is 30.4 Å². The molecule has 1 fully saturated rings. The fourth-order valence-electron chi connectivity index (χ4n) is 3.56. The second-order valence-corrected chi connectivity index (χ2v) is 10.9. The van der Waals surface area contributed by atoms with Gasteiger partial charge in [0, 0.05) is 6.07 Å². The maximum absolute atomic E-state index is 12.3. The van der Waals surface area contributed by atoms with Gasteiger partial charge in [-0.2, -0.15) is 0 Å². The number of sulfonamides is 1. The van der Waals surface area contributed by atoms with E-state index in [0.717, 1.165) is 11.3 Å². The molecule has 0 saturated heterocycles. The fraction of sp³-hybridized carbons (Fsp3) is 0.429. The van der Waals surface area contributed by atoms with E-state index >= 15 is 0 Å². The molecule has 2 aromatic heterocycles. The number of pyridine rings is 1. The van der Waals surface area contributed by atoms with Crippen molar-refractivity contribution in [3.05, 3.63) is 35.0 Å². The largest absolute Gasteiger partial charge is 0.476 e. The summed E-state index contributed by atoms with van der Waals surface area (Å²) in [6.07, 6.45) is 3.00. The Morgan fingerprint density at radius 1 is 1.31 bits per heavy atom. The molecular formula is C21H23ClN5O4S+. The molecule has 1 unspecified atom stereocenters. The highest BCUT2D eigenvalue weighted by molar-refractivity contribution is 7.93. The SMILES string of the molecule is CC(C)COc1ncc([N+]2=NC(C)c3cc4c(NS(=O)(=O)C5CC5)noc4cc32)cc1Cl. The number of halogens is 1. The predicted molar refractivity (Wildman–Crippen MR) is 121 cm³/mol. The lowest BCUT2D eigenvalue weighted by atomic mass is 10.1. The molecule has 1 saturated carbocycles.